The van der Waals surface area contributed by atoms with Crippen LogP contribution in [0, 0.1) is 11.7 Å². The molecule has 2 unspecified atom stereocenters. The lowest BCUT2D eigenvalue weighted by atomic mass is 10.0. The first-order valence-corrected chi connectivity index (χ1v) is 14.4. The smallest absolute Gasteiger partial charge is 0.240 e. The Bertz CT molecular complexity index is 1160. The number of hydrogen-bond acceptors (Lipinski definition) is 6. The Hall–Kier alpha value is -2.72. The molecule has 1 aliphatic heterocycles. The van der Waals surface area contributed by atoms with Crippen molar-refractivity contribution in [3.05, 3.63) is 64.4 Å². The molecule has 40 heavy (non-hydrogen) atoms. The maximum atomic E-state index is 13.5. The molecule has 1 fully saturated rings. The maximum Gasteiger partial charge on any atom is 0.240 e. The molecule has 0 aromatic heterocycles. The van der Waals surface area contributed by atoms with Gasteiger partial charge in [-0.3, -0.25) is 14.9 Å². The summed E-state index contributed by atoms with van der Waals surface area (Å²) in [5.41, 5.74) is 1.72. The number of rotatable bonds is 3. The van der Waals surface area contributed by atoms with Gasteiger partial charge in [-0.1, -0.05) is 29.8 Å². The molecule has 0 spiro atoms. The average molecular weight is 575 g/mol. The summed E-state index contributed by atoms with van der Waals surface area (Å²) in [7, 11) is 1.67. The van der Waals surface area contributed by atoms with Gasteiger partial charge in [0.2, 0.25) is 11.8 Å². The highest BCUT2D eigenvalue weighted by Gasteiger charge is 2.39. The van der Waals surface area contributed by atoms with Gasteiger partial charge in [0.15, 0.2) is 0 Å². The molecule has 8 nitrogen and oxygen atoms in total. The van der Waals surface area contributed by atoms with Crippen molar-refractivity contribution in [3.63, 3.8) is 0 Å². The van der Waals surface area contributed by atoms with Gasteiger partial charge in [0, 0.05) is 25.2 Å². The molecule has 2 amide bonds. The number of amides is 2. The number of benzene rings is 2. The van der Waals surface area contributed by atoms with Gasteiger partial charge in [0.25, 0.3) is 0 Å². The molecular weight excluding hydrogens is 535 g/mol. The zero-order valence-electron chi connectivity index (χ0n) is 23.3. The molecule has 2 aromatic rings. The van der Waals surface area contributed by atoms with Crippen LogP contribution in [0.3, 0.4) is 0 Å². The molecule has 10 heteroatoms. The molecule has 0 saturated heterocycles. The molecule has 5 atom stereocenters. The molecule has 1 aliphatic carbocycles. The van der Waals surface area contributed by atoms with E-state index >= 15 is 0 Å². The summed E-state index contributed by atoms with van der Waals surface area (Å²) in [6.45, 7) is 4.58. The number of likely N-dealkylation sites (N-methyl/N-ethyl adjacent to an activating group) is 1. The highest BCUT2D eigenvalue weighted by atomic mass is 35.5. The Morgan fingerprint density at radius 2 is 1.85 bits per heavy atom. The van der Waals surface area contributed by atoms with Crippen molar-refractivity contribution in [3.8, 4) is 5.75 Å². The molecular formula is C30H40ClFN4O4. The van der Waals surface area contributed by atoms with Crippen LogP contribution in [0.4, 0.5) is 4.39 Å². The van der Waals surface area contributed by atoms with Crippen LogP contribution in [0.25, 0.3) is 0 Å². The summed E-state index contributed by atoms with van der Waals surface area (Å²) in [6, 6.07) is 9.68. The predicted octanol–water partition coefficient (Wildman–Crippen LogP) is 3.04. The monoisotopic (exact) mass is 574 g/mol. The van der Waals surface area contributed by atoms with Crippen molar-refractivity contribution in [1.29, 1.82) is 0 Å². The normalized spacial score (nSPS) is 27.6. The lowest BCUT2D eigenvalue weighted by molar-refractivity contribution is -0.137. The number of fused-ring (bicyclic) bond motifs is 1. The van der Waals surface area contributed by atoms with E-state index in [9.17, 15) is 19.1 Å². The fourth-order valence-electron chi connectivity index (χ4n) is 4.96. The van der Waals surface area contributed by atoms with Crippen molar-refractivity contribution in [2.75, 3.05) is 20.1 Å². The maximum absolute atomic E-state index is 13.5. The minimum atomic E-state index is -1.16. The molecule has 218 valence electrons. The molecule has 0 radical (unpaired) electrons. The Balaban J connectivity index is 1.57. The lowest BCUT2D eigenvalue weighted by Crippen LogP contribution is -2.59. The second-order valence-electron chi connectivity index (χ2n) is 11.0. The summed E-state index contributed by atoms with van der Waals surface area (Å²) < 4.78 is 19.7. The van der Waals surface area contributed by atoms with E-state index in [0.717, 1.165) is 24.0 Å². The van der Waals surface area contributed by atoms with E-state index in [4.69, 9.17) is 16.3 Å². The second-order valence-corrected chi connectivity index (χ2v) is 11.4. The zero-order chi connectivity index (χ0) is 28.8. The third-order valence-electron chi connectivity index (χ3n) is 7.72. The van der Waals surface area contributed by atoms with E-state index in [-0.39, 0.29) is 36.1 Å². The quantitative estimate of drug-likeness (QED) is 0.449. The number of carbonyl (C=O) groups excluding carboxylic acids is 2. The highest BCUT2D eigenvalue weighted by molar-refractivity contribution is 6.30. The largest absolute Gasteiger partial charge is 0.489 e. The van der Waals surface area contributed by atoms with Crippen molar-refractivity contribution in [2.24, 2.45) is 5.92 Å². The van der Waals surface area contributed by atoms with Gasteiger partial charge in [-0.15, -0.1) is 0 Å². The zero-order valence-corrected chi connectivity index (χ0v) is 24.1. The van der Waals surface area contributed by atoms with Crippen LogP contribution in [-0.2, 0) is 22.4 Å². The van der Waals surface area contributed by atoms with Crippen LogP contribution in [0.2, 0.25) is 5.02 Å². The molecule has 4 rings (SSSR count). The molecule has 2 aromatic carbocycles. The Kier molecular flexibility index (Phi) is 10.4. The fourth-order valence-corrected chi connectivity index (χ4v) is 5.12. The molecule has 4 N–H and O–H groups in total. The van der Waals surface area contributed by atoms with E-state index in [1.807, 2.05) is 19.1 Å². The first kappa shape index (κ1) is 30.2. The number of halogens is 2. The van der Waals surface area contributed by atoms with E-state index in [1.54, 1.807) is 32.2 Å². The predicted molar refractivity (Wildman–Crippen MR) is 153 cm³/mol. The van der Waals surface area contributed by atoms with Gasteiger partial charge in [-0.25, -0.2) is 4.39 Å². The highest BCUT2D eigenvalue weighted by Crippen LogP contribution is 2.34. The van der Waals surface area contributed by atoms with Crippen molar-refractivity contribution < 1.29 is 23.8 Å². The second kappa shape index (κ2) is 13.8. The molecule has 1 saturated carbocycles. The number of aliphatic hydroxyl groups is 1. The van der Waals surface area contributed by atoms with Crippen LogP contribution >= 0.6 is 11.6 Å². The van der Waals surface area contributed by atoms with Gasteiger partial charge in [0.1, 0.15) is 23.9 Å². The van der Waals surface area contributed by atoms with Gasteiger partial charge < -0.3 is 25.4 Å². The topological polar surface area (TPSA) is 103 Å². The number of hydrogen-bond donors (Lipinski definition) is 4. The van der Waals surface area contributed by atoms with Gasteiger partial charge in [0.05, 0.1) is 18.1 Å². The van der Waals surface area contributed by atoms with E-state index in [2.05, 4.69) is 16.0 Å². The number of carbonyl (C=O) groups is 2. The third kappa shape index (κ3) is 8.16. The summed E-state index contributed by atoms with van der Waals surface area (Å²) in [5, 5.41) is 21.0. The minimum absolute atomic E-state index is 0.118. The Labute approximate surface area is 240 Å². The summed E-state index contributed by atoms with van der Waals surface area (Å²) >= 11 is 6.26. The van der Waals surface area contributed by atoms with Gasteiger partial charge in [-0.2, -0.15) is 0 Å². The Morgan fingerprint density at radius 1 is 1.12 bits per heavy atom. The number of aryl methyl sites for hydroxylation is 1. The first-order valence-electron chi connectivity index (χ1n) is 14.0. The van der Waals surface area contributed by atoms with Gasteiger partial charge in [-0.05, 0) is 87.3 Å². The third-order valence-corrected chi connectivity index (χ3v) is 7.96. The fraction of sp³-hybridized carbons (Fsp3) is 0.533. The number of ether oxygens (including phenoxy) is 1. The average Bonchev–Trinajstić information content (AvgIpc) is 3.76. The van der Waals surface area contributed by atoms with Crippen LogP contribution in [0.15, 0.2) is 42.5 Å². The van der Waals surface area contributed by atoms with E-state index in [0.29, 0.717) is 36.7 Å². The summed E-state index contributed by atoms with van der Waals surface area (Å²) in [4.78, 5) is 28.3. The number of nitrogens with one attached hydrogen (secondary N) is 3. The SMILES string of the molecule is C[C@@H]1CN[C@@H](C2CC2)C(=O)N(C)[C@H](C)C(O)NC(Cc2ccc(F)cc2)C(=O)NCCCc2ccc(Cl)cc2O1. The lowest BCUT2D eigenvalue weighted by Gasteiger charge is -2.34. The minimum Gasteiger partial charge on any atom is -0.489 e. The first-order chi connectivity index (χ1) is 19.1. The number of aliphatic hydroxyl groups excluding tert-OH is 1. The Morgan fingerprint density at radius 3 is 2.55 bits per heavy atom. The standard InChI is InChI=1S/C30H40ClFN4O4/c1-18-17-34-27(22-8-9-22)30(39)36(3)19(2)28(37)35-25(15-20-6-12-24(32)13-7-20)29(38)33-14-4-5-21-10-11-23(31)16-26(21)40-18/h6-7,10-13,16,18-19,22,25,27-28,34-35,37H,4-5,8-9,14-15,17H2,1-3H3,(H,33,38)/t18-,19-,25?,27+,28?/m1/s1. The van der Waals surface area contributed by atoms with E-state index in [1.165, 1.54) is 17.0 Å². The number of nitrogens with zero attached hydrogens (tertiary/aromatic N) is 1. The summed E-state index contributed by atoms with van der Waals surface area (Å²) in [6.07, 6.45) is 2.11. The summed E-state index contributed by atoms with van der Waals surface area (Å²) in [5.74, 6) is 0.145. The molecule has 1 heterocycles. The van der Waals surface area contributed by atoms with Crippen molar-refractivity contribution in [2.45, 2.75) is 76.4 Å². The van der Waals surface area contributed by atoms with Crippen LogP contribution in [-0.4, -0.2) is 72.4 Å². The molecule has 0 bridgehead atoms. The van der Waals surface area contributed by atoms with Crippen LogP contribution in [0.5, 0.6) is 5.75 Å². The van der Waals surface area contributed by atoms with Crippen LogP contribution < -0.4 is 20.7 Å². The van der Waals surface area contributed by atoms with Gasteiger partial charge >= 0.3 is 0 Å². The van der Waals surface area contributed by atoms with Crippen molar-refractivity contribution in [1.82, 2.24) is 20.9 Å². The van der Waals surface area contributed by atoms with Crippen LogP contribution in [0.1, 0.15) is 44.2 Å². The van der Waals surface area contributed by atoms with E-state index < -0.39 is 24.4 Å². The molecule has 2 aliphatic rings. The van der Waals surface area contributed by atoms with Crippen molar-refractivity contribution >= 4 is 23.4 Å².